The number of carbonyl (C=O) groups is 1. The number of nitrogens with one attached hydrogen (secondary N) is 1. The molecule has 0 saturated carbocycles. The lowest BCUT2D eigenvalue weighted by molar-refractivity contribution is -0.127. The summed E-state index contributed by atoms with van der Waals surface area (Å²) in [7, 11) is 0. The number of halogens is 1. The van der Waals surface area contributed by atoms with Gasteiger partial charge in [-0.3, -0.25) is 9.69 Å². The Morgan fingerprint density at radius 2 is 1.97 bits per heavy atom. The number of aromatic nitrogens is 1. The Labute approximate surface area is 200 Å². The van der Waals surface area contributed by atoms with Gasteiger partial charge in [-0.05, 0) is 81.0 Å². The summed E-state index contributed by atoms with van der Waals surface area (Å²) in [6, 6.07) is 16.2. The van der Waals surface area contributed by atoms with Crippen molar-refractivity contribution in [3.63, 3.8) is 0 Å². The molecule has 1 aliphatic heterocycles. The predicted molar refractivity (Wildman–Crippen MR) is 130 cm³/mol. The molecule has 0 unspecified atom stereocenters. The fourth-order valence-corrected chi connectivity index (χ4v) is 5.24. The van der Waals surface area contributed by atoms with Crippen molar-refractivity contribution >= 4 is 17.5 Å². The summed E-state index contributed by atoms with van der Waals surface area (Å²) in [5, 5.41) is 4.05. The highest BCUT2D eigenvalue weighted by molar-refractivity contribution is 6.30. The first-order chi connectivity index (χ1) is 16.1. The highest BCUT2D eigenvalue weighted by atomic mass is 35.5. The molecule has 0 bridgehead atoms. The molecule has 1 N–H and O–H groups in total. The van der Waals surface area contributed by atoms with E-state index in [1.165, 1.54) is 11.1 Å². The Kier molecular flexibility index (Phi) is 6.52. The molecule has 2 aromatic carbocycles. The smallest absolute Gasteiger partial charge is 0.226 e. The molecule has 0 radical (unpaired) electrons. The number of aryl methyl sites for hydroxylation is 2. The third-order valence-electron chi connectivity index (χ3n) is 6.92. The first-order valence-corrected chi connectivity index (χ1v) is 12.3. The molecular weight excluding hydrogens is 434 g/mol. The number of rotatable bonds is 5. The van der Waals surface area contributed by atoms with Crippen LogP contribution in [0.25, 0.3) is 11.5 Å². The number of hydrogen-bond acceptors (Lipinski definition) is 4. The Morgan fingerprint density at radius 1 is 1.15 bits per heavy atom. The fourth-order valence-electron chi connectivity index (χ4n) is 5.11. The van der Waals surface area contributed by atoms with Gasteiger partial charge in [-0.15, -0.1) is 0 Å². The van der Waals surface area contributed by atoms with Gasteiger partial charge in [0.15, 0.2) is 0 Å². The molecule has 1 aliphatic carbocycles. The molecule has 0 spiro atoms. The van der Waals surface area contributed by atoms with Crippen molar-refractivity contribution in [2.24, 2.45) is 5.92 Å². The largest absolute Gasteiger partial charge is 0.441 e. The molecule has 1 saturated heterocycles. The first-order valence-electron chi connectivity index (χ1n) is 11.9. The summed E-state index contributed by atoms with van der Waals surface area (Å²) < 4.78 is 5.93. The number of benzene rings is 2. The Balaban J connectivity index is 1.23. The van der Waals surface area contributed by atoms with Crippen LogP contribution in [-0.4, -0.2) is 28.9 Å². The van der Waals surface area contributed by atoms with Gasteiger partial charge in [-0.2, -0.15) is 0 Å². The monoisotopic (exact) mass is 463 g/mol. The van der Waals surface area contributed by atoms with Gasteiger partial charge < -0.3 is 9.73 Å². The second-order valence-corrected chi connectivity index (χ2v) is 9.69. The van der Waals surface area contributed by atoms with Crippen LogP contribution in [0, 0.1) is 12.8 Å². The van der Waals surface area contributed by atoms with Crippen LogP contribution < -0.4 is 5.32 Å². The van der Waals surface area contributed by atoms with Crippen LogP contribution >= 0.6 is 11.6 Å². The van der Waals surface area contributed by atoms with Crippen LogP contribution in [0.15, 0.2) is 52.9 Å². The first kappa shape index (κ1) is 22.2. The Bertz CT molecular complexity index is 1120. The maximum Gasteiger partial charge on any atom is 0.226 e. The van der Waals surface area contributed by atoms with Gasteiger partial charge in [0.1, 0.15) is 5.76 Å². The number of oxazole rings is 1. The Morgan fingerprint density at radius 3 is 2.82 bits per heavy atom. The van der Waals surface area contributed by atoms with E-state index in [2.05, 4.69) is 34.5 Å². The molecule has 2 atom stereocenters. The summed E-state index contributed by atoms with van der Waals surface area (Å²) in [5.41, 5.74) is 4.51. The molecule has 2 aliphatic rings. The lowest BCUT2D eigenvalue weighted by Crippen LogP contribution is -2.44. The minimum atomic E-state index is 0.00998. The number of fused-ring (bicyclic) bond motifs is 1. The zero-order valence-electron chi connectivity index (χ0n) is 19.0. The number of piperidine rings is 1. The maximum absolute atomic E-state index is 13.2. The molecule has 172 valence electrons. The third kappa shape index (κ3) is 4.99. The van der Waals surface area contributed by atoms with Crippen molar-refractivity contribution in [3.05, 3.63) is 76.1 Å². The Hall–Kier alpha value is -2.63. The van der Waals surface area contributed by atoms with Crippen molar-refractivity contribution in [1.29, 1.82) is 0 Å². The number of likely N-dealkylation sites (tertiary alicyclic amines) is 1. The quantitative estimate of drug-likeness (QED) is 0.526. The zero-order valence-corrected chi connectivity index (χ0v) is 19.8. The van der Waals surface area contributed by atoms with Crippen LogP contribution in [-0.2, 0) is 17.8 Å². The third-order valence-corrected chi connectivity index (χ3v) is 7.17. The molecule has 2 heterocycles. The van der Waals surface area contributed by atoms with E-state index in [0.29, 0.717) is 17.5 Å². The van der Waals surface area contributed by atoms with Crippen LogP contribution in [0.1, 0.15) is 54.3 Å². The summed E-state index contributed by atoms with van der Waals surface area (Å²) in [4.78, 5) is 20.2. The molecule has 1 fully saturated rings. The number of hydrogen-bond donors (Lipinski definition) is 1. The summed E-state index contributed by atoms with van der Waals surface area (Å²) >= 11 is 6.00. The average Bonchev–Trinajstić information content (AvgIpc) is 3.20. The number of carbonyl (C=O) groups excluding carboxylic acids is 1. The SMILES string of the molecule is Cc1oc(-c2ccc(Cl)cc2)nc1CN1CCC[C@@H](C(=O)N[C@@H]2CCCc3ccccc32)C1. The predicted octanol–water partition coefficient (Wildman–Crippen LogP) is 5.71. The molecule has 5 rings (SSSR count). The van der Waals surface area contributed by atoms with Crippen LogP contribution in [0.3, 0.4) is 0 Å². The average molecular weight is 464 g/mol. The van der Waals surface area contributed by atoms with Crippen LogP contribution in [0.4, 0.5) is 0 Å². The molecular formula is C27H30ClN3O2. The van der Waals surface area contributed by atoms with Crippen LogP contribution in [0.2, 0.25) is 5.02 Å². The maximum atomic E-state index is 13.2. The minimum absolute atomic E-state index is 0.00998. The minimum Gasteiger partial charge on any atom is -0.441 e. The van der Waals surface area contributed by atoms with E-state index in [0.717, 1.165) is 62.2 Å². The topological polar surface area (TPSA) is 58.4 Å². The van der Waals surface area contributed by atoms with E-state index >= 15 is 0 Å². The number of nitrogens with zero attached hydrogens (tertiary/aromatic N) is 2. The van der Waals surface area contributed by atoms with Gasteiger partial charge in [-0.1, -0.05) is 35.9 Å². The van der Waals surface area contributed by atoms with Crippen LogP contribution in [0.5, 0.6) is 0 Å². The van der Waals surface area contributed by atoms with Crippen molar-refractivity contribution < 1.29 is 9.21 Å². The van der Waals surface area contributed by atoms with E-state index < -0.39 is 0 Å². The van der Waals surface area contributed by atoms with E-state index in [1.54, 1.807) is 0 Å². The van der Waals surface area contributed by atoms with E-state index in [4.69, 9.17) is 21.0 Å². The van der Waals surface area contributed by atoms with Gasteiger partial charge in [0.05, 0.1) is 17.7 Å². The lowest BCUT2D eigenvalue weighted by atomic mass is 9.87. The van der Waals surface area contributed by atoms with Gasteiger partial charge in [0.2, 0.25) is 11.8 Å². The molecule has 1 aromatic heterocycles. The fraction of sp³-hybridized carbons (Fsp3) is 0.407. The van der Waals surface area contributed by atoms with Crippen molar-refractivity contribution in [2.45, 2.75) is 51.6 Å². The van der Waals surface area contributed by atoms with Crippen molar-refractivity contribution in [1.82, 2.24) is 15.2 Å². The molecule has 1 amide bonds. The second kappa shape index (κ2) is 9.70. The second-order valence-electron chi connectivity index (χ2n) is 9.26. The molecule has 3 aromatic rings. The zero-order chi connectivity index (χ0) is 22.8. The lowest BCUT2D eigenvalue weighted by Gasteiger charge is -2.33. The van der Waals surface area contributed by atoms with Gasteiger partial charge in [0.25, 0.3) is 0 Å². The van der Waals surface area contributed by atoms with Crippen molar-refractivity contribution in [2.75, 3.05) is 13.1 Å². The van der Waals surface area contributed by atoms with Gasteiger partial charge >= 0.3 is 0 Å². The van der Waals surface area contributed by atoms with E-state index in [1.807, 2.05) is 31.2 Å². The summed E-state index contributed by atoms with van der Waals surface area (Å²) in [5.74, 6) is 1.63. The molecule has 6 heteroatoms. The molecule has 33 heavy (non-hydrogen) atoms. The summed E-state index contributed by atoms with van der Waals surface area (Å²) in [6.45, 7) is 4.37. The van der Waals surface area contributed by atoms with Gasteiger partial charge in [-0.25, -0.2) is 4.98 Å². The summed E-state index contributed by atoms with van der Waals surface area (Å²) in [6.07, 6.45) is 5.20. The standard InChI is InChI=1S/C27H30ClN3O2/c1-18-25(30-27(33-18)20-11-13-22(28)14-12-20)17-31-15-5-8-21(16-31)26(32)29-24-10-4-7-19-6-2-3-9-23(19)24/h2-3,6,9,11-14,21,24H,4-5,7-8,10,15-17H2,1H3,(H,29,32)/t21-,24-/m1/s1. The van der Waals surface area contributed by atoms with Crippen molar-refractivity contribution in [3.8, 4) is 11.5 Å². The molecule has 5 nitrogen and oxygen atoms in total. The van der Waals surface area contributed by atoms with E-state index in [-0.39, 0.29) is 17.9 Å². The van der Waals surface area contributed by atoms with E-state index in [9.17, 15) is 4.79 Å². The van der Waals surface area contributed by atoms with Gasteiger partial charge in [0, 0.05) is 23.7 Å². The number of amides is 1. The normalized spacial score (nSPS) is 20.9. The highest BCUT2D eigenvalue weighted by Crippen LogP contribution is 2.31. The highest BCUT2D eigenvalue weighted by Gasteiger charge is 2.29.